The highest BCUT2D eigenvalue weighted by molar-refractivity contribution is 5.98. The van der Waals surface area contributed by atoms with Gasteiger partial charge in [-0.2, -0.15) is 0 Å². The largest absolute Gasteiger partial charge is 0.378 e. The maximum atomic E-state index is 14.6. The van der Waals surface area contributed by atoms with E-state index in [1.807, 2.05) is 30.3 Å². The lowest BCUT2D eigenvalue weighted by molar-refractivity contribution is -0.131. The van der Waals surface area contributed by atoms with Crippen LogP contribution in [0.5, 0.6) is 0 Å². The number of ether oxygens (including phenoxy) is 1. The van der Waals surface area contributed by atoms with E-state index in [0.29, 0.717) is 44.1 Å². The molecule has 0 aliphatic carbocycles. The minimum Gasteiger partial charge on any atom is -0.378 e. The van der Waals surface area contributed by atoms with Crippen LogP contribution in [0.2, 0.25) is 0 Å². The number of carbonyl (C=O) groups excluding carboxylic acids is 2. The van der Waals surface area contributed by atoms with Gasteiger partial charge in [0, 0.05) is 24.4 Å². The molecule has 1 atom stereocenters. The fourth-order valence-electron chi connectivity index (χ4n) is 3.89. The van der Waals surface area contributed by atoms with Gasteiger partial charge in [0.15, 0.2) is 0 Å². The molecule has 6 nitrogen and oxygen atoms in total. The second-order valence-electron chi connectivity index (χ2n) is 7.38. The summed E-state index contributed by atoms with van der Waals surface area (Å²) in [6.07, 6.45) is 0. The van der Waals surface area contributed by atoms with Crippen molar-refractivity contribution in [1.29, 1.82) is 0 Å². The Morgan fingerprint density at radius 3 is 2.47 bits per heavy atom. The van der Waals surface area contributed by atoms with Gasteiger partial charge in [-0.15, -0.1) is 0 Å². The number of urea groups is 1. The predicted molar refractivity (Wildman–Crippen MR) is 110 cm³/mol. The topological polar surface area (TPSA) is 61.9 Å². The fraction of sp³-hybridized carbons (Fsp3) is 0.304. The molecule has 1 saturated heterocycles. The molecule has 30 heavy (non-hydrogen) atoms. The van der Waals surface area contributed by atoms with E-state index in [-0.39, 0.29) is 17.5 Å². The van der Waals surface area contributed by atoms with Gasteiger partial charge in [0.2, 0.25) is 0 Å². The number of morpholine rings is 1. The smallest absolute Gasteiger partial charge is 0.322 e. The van der Waals surface area contributed by atoms with Crippen molar-refractivity contribution < 1.29 is 18.7 Å². The van der Waals surface area contributed by atoms with E-state index in [1.165, 1.54) is 6.07 Å². The summed E-state index contributed by atoms with van der Waals surface area (Å²) in [5, 5.41) is 2.85. The highest BCUT2D eigenvalue weighted by Gasteiger charge is 2.38. The van der Waals surface area contributed by atoms with Gasteiger partial charge in [0.05, 0.1) is 31.4 Å². The molecule has 0 spiro atoms. The molecule has 2 aromatic rings. The average molecular weight is 409 g/mol. The highest BCUT2D eigenvalue weighted by Crippen LogP contribution is 2.33. The number of nitrogens with zero attached hydrogens (tertiary/aromatic N) is 2. The molecule has 2 aliphatic rings. The molecule has 0 saturated carbocycles. The number of rotatable bonds is 4. The minimum atomic E-state index is -0.846. The molecule has 0 bridgehead atoms. The molecule has 1 N–H and O–H groups in total. The Morgan fingerprint density at radius 2 is 1.77 bits per heavy atom. The summed E-state index contributed by atoms with van der Waals surface area (Å²) < 4.78 is 20.0. The van der Waals surface area contributed by atoms with Crippen molar-refractivity contribution in [2.45, 2.75) is 19.5 Å². The molecule has 0 radical (unpaired) electrons. The molecule has 156 valence electrons. The quantitative estimate of drug-likeness (QED) is 0.844. The first kappa shape index (κ1) is 20.1. The summed E-state index contributed by atoms with van der Waals surface area (Å²) >= 11 is 0. The summed E-state index contributed by atoms with van der Waals surface area (Å²) in [7, 11) is 0. The van der Waals surface area contributed by atoms with Crippen LogP contribution in [0.4, 0.5) is 9.18 Å². The maximum absolute atomic E-state index is 14.6. The van der Waals surface area contributed by atoms with Gasteiger partial charge < -0.3 is 15.0 Å². The number of allylic oxidation sites excluding steroid dienone is 1. The number of amides is 3. The van der Waals surface area contributed by atoms with Crippen molar-refractivity contribution in [3.8, 4) is 0 Å². The summed E-state index contributed by atoms with van der Waals surface area (Å²) in [5.74, 6) is -0.665. The van der Waals surface area contributed by atoms with Crippen LogP contribution in [0.25, 0.3) is 0 Å². The molecular weight excluding hydrogens is 385 g/mol. The number of benzene rings is 2. The molecule has 4 rings (SSSR count). The second-order valence-corrected chi connectivity index (χ2v) is 7.38. The zero-order valence-corrected chi connectivity index (χ0v) is 16.8. The fourth-order valence-corrected chi connectivity index (χ4v) is 3.89. The van der Waals surface area contributed by atoms with Crippen LogP contribution in [0.3, 0.4) is 0 Å². The number of hydrogen-bond acceptors (Lipinski definition) is 3. The summed E-state index contributed by atoms with van der Waals surface area (Å²) in [6.45, 7) is 3.93. The van der Waals surface area contributed by atoms with Crippen LogP contribution in [0, 0.1) is 5.82 Å². The molecule has 7 heteroatoms. The first-order valence-corrected chi connectivity index (χ1v) is 10.0. The van der Waals surface area contributed by atoms with E-state index >= 15 is 0 Å². The molecule has 2 aromatic carbocycles. The van der Waals surface area contributed by atoms with Crippen molar-refractivity contribution in [3.63, 3.8) is 0 Å². The maximum Gasteiger partial charge on any atom is 0.322 e. The average Bonchev–Trinajstić information content (AvgIpc) is 2.77. The van der Waals surface area contributed by atoms with Crippen LogP contribution in [-0.4, -0.2) is 48.0 Å². The lowest BCUT2D eigenvalue weighted by Crippen LogP contribution is -2.51. The Labute approximate surface area is 174 Å². The minimum absolute atomic E-state index is 0.206. The first-order valence-electron chi connectivity index (χ1n) is 10.0. The van der Waals surface area contributed by atoms with Gasteiger partial charge in [-0.25, -0.2) is 9.18 Å². The number of nitrogens with one attached hydrogen (secondary N) is 1. The number of carbonyl (C=O) groups is 2. The van der Waals surface area contributed by atoms with Crippen LogP contribution >= 0.6 is 0 Å². The van der Waals surface area contributed by atoms with Gasteiger partial charge in [0.25, 0.3) is 5.91 Å². The Morgan fingerprint density at radius 1 is 1.10 bits per heavy atom. The third-order valence-electron chi connectivity index (χ3n) is 5.52. The van der Waals surface area contributed by atoms with Gasteiger partial charge in [0.1, 0.15) is 5.82 Å². The third kappa shape index (κ3) is 3.93. The van der Waals surface area contributed by atoms with Gasteiger partial charge >= 0.3 is 6.03 Å². The normalized spacial score (nSPS) is 19.7. The lowest BCUT2D eigenvalue weighted by atomic mass is 9.93. The van der Waals surface area contributed by atoms with E-state index in [0.717, 1.165) is 5.56 Å². The Balaban J connectivity index is 1.76. The summed E-state index contributed by atoms with van der Waals surface area (Å²) in [6, 6.07) is 14.6. The SMILES string of the molecule is CC1=C(C(=O)N2CCOCC2)C(c2ccccc2F)NC(=O)N1Cc1ccccc1. The van der Waals surface area contributed by atoms with E-state index in [4.69, 9.17) is 4.74 Å². The standard InChI is InChI=1S/C23H24FN3O3/c1-16-20(22(28)26-11-13-30-14-12-26)21(18-9-5-6-10-19(18)24)25-23(29)27(16)15-17-7-3-2-4-8-17/h2-10,21H,11-15H2,1H3,(H,25,29). The van der Waals surface area contributed by atoms with Gasteiger partial charge in [-0.3, -0.25) is 9.69 Å². The number of halogens is 1. The predicted octanol–water partition coefficient (Wildman–Crippen LogP) is 3.23. The Hall–Kier alpha value is -3.19. The van der Waals surface area contributed by atoms with E-state index in [1.54, 1.807) is 34.9 Å². The monoisotopic (exact) mass is 409 g/mol. The lowest BCUT2D eigenvalue weighted by Gasteiger charge is -2.38. The molecule has 2 aliphatic heterocycles. The molecule has 3 amide bonds. The highest BCUT2D eigenvalue weighted by atomic mass is 19.1. The zero-order valence-electron chi connectivity index (χ0n) is 16.8. The molecule has 2 heterocycles. The summed E-state index contributed by atoms with van der Waals surface area (Å²) in [5.41, 5.74) is 2.14. The Kier molecular flexibility index (Phi) is 5.81. The van der Waals surface area contributed by atoms with E-state index < -0.39 is 11.9 Å². The Bertz CT molecular complexity index is 971. The molecule has 0 aromatic heterocycles. The van der Waals surface area contributed by atoms with Crippen LogP contribution in [0.15, 0.2) is 65.9 Å². The van der Waals surface area contributed by atoms with E-state index in [9.17, 15) is 14.0 Å². The van der Waals surface area contributed by atoms with Crippen LogP contribution in [0.1, 0.15) is 24.1 Å². The first-order chi connectivity index (χ1) is 14.6. The number of hydrogen-bond donors (Lipinski definition) is 1. The van der Waals surface area contributed by atoms with Gasteiger partial charge in [-0.05, 0) is 18.6 Å². The van der Waals surface area contributed by atoms with Crippen molar-refractivity contribution in [3.05, 3.63) is 82.8 Å². The summed E-state index contributed by atoms with van der Waals surface area (Å²) in [4.78, 5) is 29.7. The van der Waals surface area contributed by atoms with Crippen LogP contribution < -0.4 is 5.32 Å². The van der Waals surface area contributed by atoms with E-state index in [2.05, 4.69) is 5.32 Å². The van der Waals surface area contributed by atoms with Crippen molar-refractivity contribution in [2.24, 2.45) is 0 Å². The van der Waals surface area contributed by atoms with Gasteiger partial charge in [-0.1, -0.05) is 48.5 Å². The van der Waals surface area contributed by atoms with Crippen LogP contribution in [-0.2, 0) is 16.1 Å². The van der Waals surface area contributed by atoms with Crippen molar-refractivity contribution in [1.82, 2.24) is 15.1 Å². The molecular formula is C23H24FN3O3. The molecule has 1 unspecified atom stereocenters. The van der Waals surface area contributed by atoms with Crippen molar-refractivity contribution in [2.75, 3.05) is 26.3 Å². The molecule has 1 fully saturated rings. The third-order valence-corrected chi connectivity index (χ3v) is 5.52. The van der Waals surface area contributed by atoms with Crippen molar-refractivity contribution >= 4 is 11.9 Å². The second kappa shape index (κ2) is 8.67. The zero-order chi connectivity index (χ0) is 21.1.